The Morgan fingerprint density at radius 2 is 1.85 bits per heavy atom. The number of nitrogens with zero attached hydrogens (tertiary/aromatic N) is 1. The minimum absolute atomic E-state index is 0.00692. The number of rotatable bonds is 4. The van der Waals surface area contributed by atoms with Gasteiger partial charge in [0.2, 0.25) is 11.8 Å². The minimum atomic E-state index is -0.307. The van der Waals surface area contributed by atoms with Gasteiger partial charge in [0.1, 0.15) is 0 Å². The fourth-order valence-corrected chi connectivity index (χ4v) is 3.32. The zero-order valence-corrected chi connectivity index (χ0v) is 12.4. The number of carbonyl (C=O) groups excluding carboxylic acids is 2. The molecule has 0 unspecified atom stereocenters. The van der Waals surface area contributed by atoms with E-state index >= 15 is 0 Å². The van der Waals surface area contributed by atoms with Crippen LogP contribution in [0.2, 0.25) is 0 Å². The van der Waals surface area contributed by atoms with Gasteiger partial charge in [-0.2, -0.15) is 0 Å². The zero-order valence-electron chi connectivity index (χ0n) is 12.4. The average molecular weight is 281 g/mol. The largest absolute Gasteiger partial charge is 0.368 e. The molecule has 5 heteroatoms. The lowest BCUT2D eigenvalue weighted by atomic mass is 9.92. The summed E-state index contributed by atoms with van der Waals surface area (Å²) in [4.78, 5) is 25.7. The molecule has 0 radical (unpaired) electrons. The maximum absolute atomic E-state index is 12.4. The Kier molecular flexibility index (Phi) is 5.40. The lowest BCUT2D eigenvalue weighted by Gasteiger charge is -2.35. The summed E-state index contributed by atoms with van der Waals surface area (Å²) in [5.74, 6) is -0.135. The third-order valence-electron chi connectivity index (χ3n) is 4.73. The molecule has 1 aliphatic carbocycles. The van der Waals surface area contributed by atoms with E-state index in [9.17, 15) is 9.59 Å². The Balaban J connectivity index is 1.84. The van der Waals surface area contributed by atoms with Gasteiger partial charge in [-0.3, -0.25) is 14.5 Å². The van der Waals surface area contributed by atoms with Crippen molar-refractivity contribution in [3.8, 4) is 0 Å². The molecule has 5 nitrogen and oxygen atoms in total. The highest BCUT2D eigenvalue weighted by Gasteiger charge is 2.30. The quantitative estimate of drug-likeness (QED) is 0.808. The highest BCUT2D eigenvalue weighted by molar-refractivity contribution is 5.81. The molecule has 1 saturated heterocycles. The number of carbonyl (C=O) groups is 2. The van der Waals surface area contributed by atoms with Gasteiger partial charge in [0, 0.05) is 12.6 Å². The van der Waals surface area contributed by atoms with E-state index < -0.39 is 0 Å². The van der Waals surface area contributed by atoms with Crippen LogP contribution in [-0.2, 0) is 9.59 Å². The number of hydrogen-bond acceptors (Lipinski definition) is 3. The van der Waals surface area contributed by atoms with Crippen LogP contribution < -0.4 is 11.1 Å². The van der Waals surface area contributed by atoms with Crippen molar-refractivity contribution in [2.24, 2.45) is 11.7 Å². The van der Waals surface area contributed by atoms with E-state index in [1.165, 1.54) is 19.3 Å². The summed E-state index contributed by atoms with van der Waals surface area (Å²) >= 11 is 0. The summed E-state index contributed by atoms with van der Waals surface area (Å²) in [6.07, 6.45) is 7.83. The standard InChI is InChI=1S/C15H27N3O2/c1-11(14(16)19)18-9-5-6-12(10-18)15(20)17-13-7-3-2-4-8-13/h11-13H,2-10H2,1H3,(H2,16,19)(H,17,20)/t11-,12+/m1/s1. The van der Waals surface area contributed by atoms with E-state index in [2.05, 4.69) is 5.32 Å². The van der Waals surface area contributed by atoms with Crippen LogP contribution >= 0.6 is 0 Å². The van der Waals surface area contributed by atoms with E-state index in [1.54, 1.807) is 0 Å². The highest BCUT2D eigenvalue weighted by Crippen LogP contribution is 2.21. The molecule has 2 atom stereocenters. The van der Waals surface area contributed by atoms with Crippen LogP contribution in [0.3, 0.4) is 0 Å². The van der Waals surface area contributed by atoms with E-state index in [0.717, 1.165) is 32.2 Å². The van der Waals surface area contributed by atoms with Gasteiger partial charge in [-0.25, -0.2) is 0 Å². The molecule has 0 aromatic heterocycles. The first-order valence-corrected chi connectivity index (χ1v) is 7.91. The van der Waals surface area contributed by atoms with E-state index in [-0.39, 0.29) is 23.8 Å². The summed E-state index contributed by atoms with van der Waals surface area (Å²) in [6, 6.07) is 0.0838. The Morgan fingerprint density at radius 3 is 2.50 bits per heavy atom. The molecule has 1 saturated carbocycles. The number of hydrogen-bond donors (Lipinski definition) is 2. The third-order valence-corrected chi connectivity index (χ3v) is 4.73. The lowest BCUT2D eigenvalue weighted by Crippen LogP contribution is -2.51. The average Bonchev–Trinajstić information content (AvgIpc) is 2.47. The Bertz CT molecular complexity index is 353. The second-order valence-corrected chi connectivity index (χ2v) is 6.26. The van der Waals surface area contributed by atoms with Crippen molar-refractivity contribution < 1.29 is 9.59 Å². The first-order valence-electron chi connectivity index (χ1n) is 7.91. The van der Waals surface area contributed by atoms with E-state index in [4.69, 9.17) is 5.73 Å². The van der Waals surface area contributed by atoms with Gasteiger partial charge in [0.15, 0.2) is 0 Å². The number of primary amides is 1. The summed E-state index contributed by atoms with van der Waals surface area (Å²) in [7, 11) is 0. The summed E-state index contributed by atoms with van der Waals surface area (Å²) in [5.41, 5.74) is 5.36. The van der Waals surface area contributed by atoms with Crippen molar-refractivity contribution in [3.63, 3.8) is 0 Å². The molecule has 1 heterocycles. The molecule has 0 aromatic carbocycles. The molecular weight excluding hydrogens is 254 g/mol. The predicted molar refractivity (Wildman–Crippen MR) is 78.0 cm³/mol. The molecule has 0 spiro atoms. The van der Waals surface area contributed by atoms with Gasteiger partial charge in [-0.15, -0.1) is 0 Å². The van der Waals surface area contributed by atoms with Crippen LogP contribution in [0, 0.1) is 5.92 Å². The molecule has 20 heavy (non-hydrogen) atoms. The summed E-state index contributed by atoms with van der Waals surface area (Å²) in [5, 5.41) is 3.20. The Morgan fingerprint density at radius 1 is 1.15 bits per heavy atom. The van der Waals surface area contributed by atoms with Gasteiger partial charge < -0.3 is 11.1 Å². The van der Waals surface area contributed by atoms with Crippen molar-refractivity contribution >= 4 is 11.8 Å². The maximum Gasteiger partial charge on any atom is 0.234 e. The minimum Gasteiger partial charge on any atom is -0.368 e. The fraction of sp³-hybridized carbons (Fsp3) is 0.867. The smallest absolute Gasteiger partial charge is 0.234 e. The van der Waals surface area contributed by atoms with Crippen LogP contribution in [0.15, 0.2) is 0 Å². The number of likely N-dealkylation sites (tertiary alicyclic amines) is 1. The normalized spacial score (nSPS) is 26.9. The first-order chi connectivity index (χ1) is 9.58. The van der Waals surface area contributed by atoms with E-state index in [0.29, 0.717) is 12.6 Å². The fourth-order valence-electron chi connectivity index (χ4n) is 3.32. The van der Waals surface area contributed by atoms with Crippen LogP contribution in [0.25, 0.3) is 0 Å². The Hall–Kier alpha value is -1.10. The maximum atomic E-state index is 12.4. The monoisotopic (exact) mass is 281 g/mol. The number of piperidine rings is 1. The van der Waals surface area contributed by atoms with Crippen LogP contribution in [-0.4, -0.2) is 41.9 Å². The molecular formula is C15H27N3O2. The SMILES string of the molecule is C[C@H](C(N)=O)N1CCC[C@H](C(=O)NC2CCCCC2)C1. The zero-order chi connectivity index (χ0) is 14.5. The van der Waals surface area contributed by atoms with Gasteiger partial charge in [-0.1, -0.05) is 19.3 Å². The van der Waals surface area contributed by atoms with Crippen LogP contribution in [0.5, 0.6) is 0 Å². The Labute approximate surface area is 121 Å². The molecule has 1 aliphatic heterocycles. The van der Waals surface area contributed by atoms with Gasteiger partial charge >= 0.3 is 0 Å². The van der Waals surface area contributed by atoms with Crippen molar-refractivity contribution in [2.45, 2.75) is 64.0 Å². The molecule has 2 amide bonds. The number of amides is 2. The van der Waals surface area contributed by atoms with Crippen LogP contribution in [0.1, 0.15) is 51.9 Å². The van der Waals surface area contributed by atoms with E-state index in [1.807, 2.05) is 11.8 Å². The second kappa shape index (κ2) is 7.07. The van der Waals surface area contributed by atoms with Crippen molar-refractivity contribution in [1.82, 2.24) is 10.2 Å². The molecule has 0 bridgehead atoms. The number of nitrogens with two attached hydrogens (primary N) is 1. The first kappa shape index (κ1) is 15.3. The topological polar surface area (TPSA) is 75.4 Å². The lowest BCUT2D eigenvalue weighted by molar-refractivity contribution is -0.130. The molecule has 2 rings (SSSR count). The molecule has 114 valence electrons. The molecule has 2 fully saturated rings. The molecule has 0 aromatic rings. The van der Waals surface area contributed by atoms with Crippen molar-refractivity contribution in [2.75, 3.05) is 13.1 Å². The van der Waals surface area contributed by atoms with Gasteiger partial charge in [-0.05, 0) is 39.2 Å². The van der Waals surface area contributed by atoms with Crippen molar-refractivity contribution in [3.05, 3.63) is 0 Å². The molecule has 3 N–H and O–H groups in total. The van der Waals surface area contributed by atoms with Crippen LogP contribution in [0.4, 0.5) is 0 Å². The summed E-state index contributed by atoms with van der Waals surface area (Å²) in [6.45, 7) is 3.34. The third kappa shape index (κ3) is 3.95. The van der Waals surface area contributed by atoms with Gasteiger partial charge in [0.25, 0.3) is 0 Å². The molecule has 2 aliphatic rings. The van der Waals surface area contributed by atoms with Crippen molar-refractivity contribution in [1.29, 1.82) is 0 Å². The number of nitrogens with one attached hydrogen (secondary N) is 1. The second-order valence-electron chi connectivity index (χ2n) is 6.26. The highest BCUT2D eigenvalue weighted by atomic mass is 16.2. The summed E-state index contributed by atoms with van der Waals surface area (Å²) < 4.78 is 0. The van der Waals surface area contributed by atoms with Gasteiger partial charge in [0.05, 0.1) is 12.0 Å². The predicted octanol–water partition coefficient (Wildman–Crippen LogP) is 1.02.